The monoisotopic (exact) mass is 280 g/mol. The maximum Gasteiger partial charge on any atom is 0.290 e. The second-order valence-corrected chi connectivity index (χ2v) is 4.51. The summed E-state index contributed by atoms with van der Waals surface area (Å²) in [7, 11) is 1.85. The highest BCUT2D eigenvalue weighted by molar-refractivity contribution is 6.32. The molecule has 2 aromatic rings. The molecule has 0 aliphatic heterocycles. The molecule has 1 N–H and O–H groups in total. The number of halogens is 1. The van der Waals surface area contributed by atoms with Gasteiger partial charge in [0.15, 0.2) is 0 Å². The summed E-state index contributed by atoms with van der Waals surface area (Å²) in [5, 5.41) is 18.4. The molecule has 1 aromatic carbocycles. The van der Waals surface area contributed by atoms with Gasteiger partial charge in [0.25, 0.3) is 5.69 Å². The third kappa shape index (κ3) is 2.74. The van der Waals surface area contributed by atoms with Gasteiger partial charge in [0.1, 0.15) is 5.02 Å². The van der Waals surface area contributed by atoms with Crippen LogP contribution in [0.25, 0.3) is 5.69 Å². The minimum atomic E-state index is -0.503. The lowest BCUT2D eigenvalue weighted by Gasteiger charge is -2.02. The van der Waals surface area contributed by atoms with Gasteiger partial charge in [-0.1, -0.05) is 11.6 Å². The molecule has 0 saturated heterocycles. The summed E-state index contributed by atoms with van der Waals surface area (Å²) < 4.78 is 1.62. The van der Waals surface area contributed by atoms with E-state index in [-0.39, 0.29) is 10.7 Å². The maximum absolute atomic E-state index is 10.9. The maximum atomic E-state index is 10.9. The van der Waals surface area contributed by atoms with E-state index in [9.17, 15) is 10.1 Å². The average Bonchev–Trinajstić information content (AvgIpc) is 2.72. The standard InChI is InChI=1S/C12H13ClN4O2/c1-8-9(6-14-2)7-16(15-8)10-3-4-11(13)12(5-10)17(18)19/h3-5,7,14H,6H2,1-2H3. The summed E-state index contributed by atoms with van der Waals surface area (Å²) in [4.78, 5) is 10.4. The fourth-order valence-corrected chi connectivity index (χ4v) is 1.96. The third-order valence-corrected chi connectivity index (χ3v) is 3.08. The van der Waals surface area contributed by atoms with Crippen LogP contribution in [0, 0.1) is 17.0 Å². The van der Waals surface area contributed by atoms with Gasteiger partial charge in [0.05, 0.1) is 16.3 Å². The van der Waals surface area contributed by atoms with Gasteiger partial charge in [0.2, 0.25) is 0 Å². The first-order valence-corrected chi connectivity index (χ1v) is 6.04. The molecule has 7 heteroatoms. The van der Waals surface area contributed by atoms with Crippen molar-refractivity contribution in [1.82, 2.24) is 15.1 Å². The third-order valence-electron chi connectivity index (χ3n) is 2.76. The molecule has 0 bridgehead atoms. The van der Waals surface area contributed by atoms with Gasteiger partial charge < -0.3 is 5.32 Å². The van der Waals surface area contributed by atoms with Crippen LogP contribution in [0.1, 0.15) is 11.3 Å². The topological polar surface area (TPSA) is 73.0 Å². The van der Waals surface area contributed by atoms with E-state index in [1.54, 1.807) is 10.7 Å². The number of nitro groups is 1. The highest BCUT2D eigenvalue weighted by Crippen LogP contribution is 2.26. The van der Waals surface area contributed by atoms with Gasteiger partial charge in [-0.15, -0.1) is 0 Å². The number of nitrogens with zero attached hydrogens (tertiary/aromatic N) is 3. The normalized spacial score (nSPS) is 10.7. The van der Waals surface area contributed by atoms with Gasteiger partial charge in [-0.05, 0) is 26.1 Å². The average molecular weight is 281 g/mol. The van der Waals surface area contributed by atoms with E-state index in [1.165, 1.54) is 12.1 Å². The van der Waals surface area contributed by atoms with Crippen LogP contribution in [0.5, 0.6) is 0 Å². The first-order valence-electron chi connectivity index (χ1n) is 5.67. The van der Waals surface area contributed by atoms with Crippen molar-refractivity contribution in [2.75, 3.05) is 7.05 Å². The Hall–Kier alpha value is -1.92. The van der Waals surface area contributed by atoms with Crippen LogP contribution >= 0.6 is 11.6 Å². The van der Waals surface area contributed by atoms with Crippen molar-refractivity contribution >= 4 is 17.3 Å². The van der Waals surface area contributed by atoms with Crippen LogP contribution in [0.2, 0.25) is 5.02 Å². The smallest absolute Gasteiger partial charge is 0.290 e. The van der Waals surface area contributed by atoms with Crippen molar-refractivity contribution in [1.29, 1.82) is 0 Å². The second kappa shape index (κ2) is 5.38. The van der Waals surface area contributed by atoms with E-state index in [0.29, 0.717) is 12.2 Å². The summed E-state index contributed by atoms with van der Waals surface area (Å²) in [6.07, 6.45) is 1.85. The van der Waals surface area contributed by atoms with E-state index < -0.39 is 4.92 Å². The van der Waals surface area contributed by atoms with Gasteiger partial charge in [-0.2, -0.15) is 5.10 Å². The lowest BCUT2D eigenvalue weighted by molar-refractivity contribution is -0.384. The van der Waals surface area contributed by atoms with E-state index in [1.807, 2.05) is 20.2 Å². The molecular formula is C12H13ClN4O2. The van der Waals surface area contributed by atoms with Gasteiger partial charge in [-0.25, -0.2) is 4.68 Å². The molecule has 100 valence electrons. The van der Waals surface area contributed by atoms with Crippen LogP contribution in [0.15, 0.2) is 24.4 Å². The second-order valence-electron chi connectivity index (χ2n) is 4.11. The fraction of sp³-hybridized carbons (Fsp3) is 0.250. The molecule has 0 unspecified atom stereocenters. The Morgan fingerprint density at radius 2 is 2.26 bits per heavy atom. The van der Waals surface area contributed by atoms with Crippen molar-refractivity contribution in [3.05, 3.63) is 50.8 Å². The zero-order valence-electron chi connectivity index (χ0n) is 10.6. The van der Waals surface area contributed by atoms with Gasteiger partial charge in [-0.3, -0.25) is 10.1 Å². The number of rotatable bonds is 4. The minimum Gasteiger partial charge on any atom is -0.316 e. The molecule has 6 nitrogen and oxygen atoms in total. The Morgan fingerprint density at radius 3 is 2.89 bits per heavy atom. The van der Waals surface area contributed by atoms with Crippen molar-refractivity contribution in [3.63, 3.8) is 0 Å². The molecule has 0 amide bonds. The lowest BCUT2D eigenvalue weighted by Crippen LogP contribution is -2.05. The molecule has 0 spiro atoms. The Kier molecular flexibility index (Phi) is 3.82. The SMILES string of the molecule is CNCc1cn(-c2ccc(Cl)c([N+](=O)[O-])c2)nc1C. The Morgan fingerprint density at radius 1 is 1.53 bits per heavy atom. The van der Waals surface area contributed by atoms with Gasteiger partial charge in [0, 0.05) is 24.4 Å². The summed E-state index contributed by atoms with van der Waals surface area (Å²) >= 11 is 5.78. The van der Waals surface area contributed by atoms with Crippen LogP contribution in [0.4, 0.5) is 5.69 Å². The molecule has 19 heavy (non-hydrogen) atoms. The van der Waals surface area contributed by atoms with Gasteiger partial charge >= 0.3 is 0 Å². The highest BCUT2D eigenvalue weighted by Gasteiger charge is 2.14. The van der Waals surface area contributed by atoms with E-state index in [4.69, 9.17) is 11.6 Å². The first kappa shape index (κ1) is 13.5. The Balaban J connectivity index is 2.44. The van der Waals surface area contributed by atoms with Crippen LogP contribution in [-0.4, -0.2) is 21.8 Å². The van der Waals surface area contributed by atoms with Crippen molar-refractivity contribution < 1.29 is 4.92 Å². The number of aromatic nitrogens is 2. The zero-order valence-corrected chi connectivity index (χ0v) is 11.3. The van der Waals surface area contributed by atoms with Crippen LogP contribution < -0.4 is 5.32 Å². The predicted molar refractivity (Wildman–Crippen MR) is 72.7 cm³/mol. The molecule has 0 fully saturated rings. The van der Waals surface area contributed by atoms with Crippen LogP contribution in [-0.2, 0) is 6.54 Å². The van der Waals surface area contributed by atoms with Crippen molar-refractivity contribution in [2.45, 2.75) is 13.5 Å². The van der Waals surface area contributed by atoms with Crippen molar-refractivity contribution in [2.24, 2.45) is 0 Å². The summed E-state index contributed by atoms with van der Waals surface area (Å²) in [5.41, 5.74) is 2.41. The minimum absolute atomic E-state index is 0.119. The van der Waals surface area contributed by atoms with Crippen LogP contribution in [0.3, 0.4) is 0 Å². The summed E-state index contributed by atoms with van der Waals surface area (Å²) in [6.45, 7) is 2.59. The molecule has 0 radical (unpaired) electrons. The largest absolute Gasteiger partial charge is 0.316 e. The lowest BCUT2D eigenvalue weighted by atomic mass is 10.2. The Bertz CT molecular complexity index is 624. The molecule has 0 aliphatic carbocycles. The quantitative estimate of drug-likeness (QED) is 0.690. The number of aryl methyl sites for hydroxylation is 1. The number of hydrogen-bond donors (Lipinski definition) is 1. The predicted octanol–water partition coefficient (Wildman–Crippen LogP) is 2.46. The molecular weight excluding hydrogens is 268 g/mol. The molecule has 2 rings (SSSR count). The number of benzene rings is 1. The number of hydrogen-bond acceptors (Lipinski definition) is 4. The first-order chi connectivity index (χ1) is 9.02. The molecule has 0 saturated carbocycles. The molecule has 1 aromatic heterocycles. The Labute approximate surface area is 115 Å². The molecule has 1 heterocycles. The number of nitro benzene ring substituents is 1. The van der Waals surface area contributed by atoms with E-state index >= 15 is 0 Å². The molecule has 0 aliphatic rings. The fourth-order valence-electron chi connectivity index (χ4n) is 1.78. The highest BCUT2D eigenvalue weighted by atomic mass is 35.5. The summed E-state index contributed by atoms with van der Waals surface area (Å²) in [5.74, 6) is 0. The number of nitrogens with one attached hydrogen (secondary N) is 1. The molecule has 0 atom stereocenters. The zero-order chi connectivity index (χ0) is 14.0. The summed E-state index contributed by atoms with van der Waals surface area (Å²) in [6, 6.07) is 4.62. The van der Waals surface area contributed by atoms with E-state index in [2.05, 4.69) is 10.4 Å². The van der Waals surface area contributed by atoms with E-state index in [0.717, 1.165) is 11.3 Å². The van der Waals surface area contributed by atoms with Crippen molar-refractivity contribution in [3.8, 4) is 5.69 Å².